The molecule has 0 spiro atoms. The van der Waals surface area contributed by atoms with E-state index in [1.54, 1.807) is 24.7 Å². The highest BCUT2D eigenvalue weighted by molar-refractivity contribution is 5.66. The predicted octanol–water partition coefficient (Wildman–Crippen LogP) is 1.90. The number of hydrogen-bond donors (Lipinski definition) is 0. The summed E-state index contributed by atoms with van der Waals surface area (Å²) in [7, 11) is 0. The smallest absolute Gasteiger partial charge is 0.255 e. The highest BCUT2D eigenvalue weighted by Gasteiger charge is 2.13. The quantitative estimate of drug-likeness (QED) is 0.709. The second-order valence-corrected chi connectivity index (χ2v) is 4.42. The van der Waals surface area contributed by atoms with Gasteiger partial charge in [0.05, 0.1) is 23.8 Å². The Morgan fingerprint density at radius 2 is 1.90 bits per heavy atom. The first-order valence-electron chi connectivity index (χ1n) is 6.08. The third-order valence-corrected chi connectivity index (χ3v) is 3.06. The van der Waals surface area contributed by atoms with Gasteiger partial charge in [-0.15, -0.1) is 0 Å². The summed E-state index contributed by atoms with van der Waals surface area (Å²) < 4.78 is 6.66. The molecule has 0 aliphatic rings. The van der Waals surface area contributed by atoms with Gasteiger partial charge in [-0.2, -0.15) is 0 Å². The van der Waals surface area contributed by atoms with Crippen LogP contribution in [-0.2, 0) is 0 Å². The van der Waals surface area contributed by atoms with E-state index in [4.69, 9.17) is 4.52 Å². The van der Waals surface area contributed by atoms with E-state index < -0.39 is 0 Å². The molecule has 0 atom stereocenters. The van der Waals surface area contributed by atoms with Gasteiger partial charge in [-0.25, -0.2) is 9.97 Å². The molecular weight excluding hydrogens is 256 g/mol. The van der Waals surface area contributed by atoms with Crippen LogP contribution in [0.2, 0.25) is 0 Å². The molecule has 0 radical (unpaired) electrons. The van der Waals surface area contributed by atoms with Crippen LogP contribution in [0.25, 0.3) is 16.8 Å². The van der Waals surface area contributed by atoms with Crippen LogP contribution in [0.5, 0.6) is 0 Å². The van der Waals surface area contributed by atoms with E-state index in [2.05, 4.69) is 15.1 Å². The standard InChI is InChI=1S/C14H12N4O2/c1-9-14(10(2)20-17-9)11-3-4-13(19)18(7-11)12-5-15-8-16-6-12/h3-8H,1-2H3. The Balaban J connectivity index is 2.20. The van der Waals surface area contributed by atoms with Crippen molar-refractivity contribution in [2.45, 2.75) is 13.8 Å². The van der Waals surface area contributed by atoms with Gasteiger partial charge in [-0.05, 0) is 19.9 Å². The first kappa shape index (κ1) is 12.3. The van der Waals surface area contributed by atoms with Crippen molar-refractivity contribution in [1.29, 1.82) is 0 Å². The molecule has 0 fully saturated rings. The fraction of sp³-hybridized carbons (Fsp3) is 0.143. The lowest BCUT2D eigenvalue weighted by molar-refractivity contribution is 0.393. The maximum absolute atomic E-state index is 12.0. The van der Waals surface area contributed by atoms with Crippen molar-refractivity contribution in [2.75, 3.05) is 0 Å². The minimum absolute atomic E-state index is 0.143. The van der Waals surface area contributed by atoms with Crippen LogP contribution >= 0.6 is 0 Å². The van der Waals surface area contributed by atoms with E-state index in [1.165, 1.54) is 17.0 Å². The van der Waals surface area contributed by atoms with Gasteiger partial charge >= 0.3 is 0 Å². The minimum Gasteiger partial charge on any atom is -0.361 e. The van der Waals surface area contributed by atoms with E-state index in [1.807, 2.05) is 13.8 Å². The maximum atomic E-state index is 12.0. The second kappa shape index (κ2) is 4.73. The minimum atomic E-state index is -0.143. The Kier molecular flexibility index (Phi) is 2.90. The summed E-state index contributed by atoms with van der Waals surface area (Å²) in [4.78, 5) is 19.8. The number of rotatable bonds is 2. The van der Waals surface area contributed by atoms with Gasteiger partial charge in [0.15, 0.2) is 0 Å². The van der Waals surface area contributed by atoms with E-state index in [-0.39, 0.29) is 5.56 Å². The van der Waals surface area contributed by atoms with Crippen LogP contribution in [0.1, 0.15) is 11.5 Å². The summed E-state index contributed by atoms with van der Waals surface area (Å²) in [5.41, 5.74) is 3.03. The summed E-state index contributed by atoms with van der Waals surface area (Å²) in [6, 6.07) is 3.27. The second-order valence-electron chi connectivity index (χ2n) is 4.42. The Labute approximate surface area is 114 Å². The molecule has 6 heteroatoms. The molecule has 0 aliphatic heterocycles. The molecule has 0 N–H and O–H groups in total. The van der Waals surface area contributed by atoms with Gasteiger partial charge in [-0.3, -0.25) is 9.36 Å². The van der Waals surface area contributed by atoms with Crippen LogP contribution in [0.3, 0.4) is 0 Å². The van der Waals surface area contributed by atoms with Crippen molar-refractivity contribution >= 4 is 0 Å². The largest absolute Gasteiger partial charge is 0.361 e. The van der Waals surface area contributed by atoms with Gasteiger partial charge in [0, 0.05) is 23.4 Å². The third kappa shape index (κ3) is 2.01. The summed E-state index contributed by atoms with van der Waals surface area (Å²) in [5.74, 6) is 0.719. The Morgan fingerprint density at radius 3 is 2.55 bits per heavy atom. The topological polar surface area (TPSA) is 73.8 Å². The first-order valence-corrected chi connectivity index (χ1v) is 6.08. The Hall–Kier alpha value is -2.76. The molecule has 0 aromatic carbocycles. The number of aromatic nitrogens is 4. The molecule has 0 aliphatic carbocycles. The molecule has 3 rings (SSSR count). The van der Waals surface area contributed by atoms with E-state index in [0.717, 1.165) is 22.6 Å². The number of aryl methyl sites for hydroxylation is 2. The molecule has 0 saturated heterocycles. The van der Waals surface area contributed by atoms with E-state index in [0.29, 0.717) is 5.69 Å². The van der Waals surface area contributed by atoms with Gasteiger partial charge in [0.2, 0.25) is 0 Å². The zero-order valence-corrected chi connectivity index (χ0v) is 11.1. The van der Waals surface area contributed by atoms with Crippen molar-refractivity contribution < 1.29 is 4.52 Å². The predicted molar refractivity (Wildman–Crippen MR) is 72.6 cm³/mol. The highest BCUT2D eigenvalue weighted by atomic mass is 16.5. The highest BCUT2D eigenvalue weighted by Crippen LogP contribution is 2.26. The number of nitrogens with zero attached hydrogens (tertiary/aromatic N) is 4. The maximum Gasteiger partial charge on any atom is 0.255 e. The fourth-order valence-electron chi connectivity index (χ4n) is 2.15. The van der Waals surface area contributed by atoms with Crippen molar-refractivity contribution in [1.82, 2.24) is 19.7 Å². The molecule has 0 bridgehead atoms. The van der Waals surface area contributed by atoms with Crippen molar-refractivity contribution in [3.63, 3.8) is 0 Å². The normalized spacial score (nSPS) is 10.7. The molecule has 0 saturated carbocycles. The molecule has 0 amide bonds. The molecule has 6 nitrogen and oxygen atoms in total. The fourth-order valence-corrected chi connectivity index (χ4v) is 2.15. The van der Waals surface area contributed by atoms with E-state index >= 15 is 0 Å². The van der Waals surface area contributed by atoms with Gasteiger partial charge in [0.1, 0.15) is 12.1 Å². The average molecular weight is 268 g/mol. The third-order valence-electron chi connectivity index (χ3n) is 3.06. The van der Waals surface area contributed by atoms with E-state index in [9.17, 15) is 4.79 Å². The summed E-state index contributed by atoms with van der Waals surface area (Å²) >= 11 is 0. The van der Waals surface area contributed by atoms with Gasteiger partial charge in [0.25, 0.3) is 5.56 Å². The Bertz CT molecular complexity index is 786. The van der Waals surface area contributed by atoms with Crippen LogP contribution in [-0.4, -0.2) is 19.7 Å². The van der Waals surface area contributed by atoms with Crippen molar-refractivity contribution in [3.8, 4) is 16.8 Å². The lowest BCUT2D eigenvalue weighted by Crippen LogP contribution is -2.16. The van der Waals surface area contributed by atoms with Crippen LogP contribution in [0.4, 0.5) is 0 Å². The number of pyridine rings is 1. The summed E-state index contributed by atoms with van der Waals surface area (Å²) in [5, 5.41) is 3.93. The summed E-state index contributed by atoms with van der Waals surface area (Å²) in [6.45, 7) is 3.71. The summed E-state index contributed by atoms with van der Waals surface area (Å²) in [6.07, 6.45) is 6.34. The average Bonchev–Trinajstić information content (AvgIpc) is 2.80. The molecule has 3 aromatic rings. The van der Waals surface area contributed by atoms with Gasteiger partial charge in [-0.1, -0.05) is 5.16 Å². The Morgan fingerprint density at radius 1 is 1.15 bits per heavy atom. The van der Waals surface area contributed by atoms with Gasteiger partial charge < -0.3 is 4.52 Å². The first-order chi connectivity index (χ1) is 9.66. The SMILES string of the molecule is Cc1noc(C)c1-c1ccc(=O)n(-c2cncnc2)c1. The molecule has 3 aromatic heterocycles. The molecular formula is C14H12N4O2. The monoisotopic (exact) mass is 268 g/mol. The number of hydrogen-bond acceptors (Lipinski definition) is 5. The van der Waals surface area contributed by atoms with Crippen LogP contribution in [0.15, 0.2) is 46.4 Å². The lowest BCUT2D eigenvalue weighted by Gasteiger charge is -2.07. The molecule has 3 heterocycles. The molecule has 20 heavy (non-hydrogen) atoms. The van der Waals surface area contributed by atoms with Crippen LogP contribution in [0, 0.1) is 13.8 Å². The lowest BCUT2D eigenvalue weighted by atomic mass is 10.1. The molecule has 0 unspecified atom stereocenters. The molecule has 100 valence electrons. The van der Waals surface area contributed by atoms with Crippen molar-refractivity contribution in [3.05, 3.63) is 58.9 Å². The zero-order valence-electron chi connectivity index (χ0n) is 11.1. The zero-order chi connectivity index (χ0) is 14.1. The van der Waals surface area contributed by atoms with Crippen LogP contribution < -0.4 is 5.56 Å². The van der Waals surface area contributed by atoms with Crippen molar-refractivity contribution in [2.24, 2.45) is 0 Å².